The summed E-state index contributed by atoms with van der Waals surface area (Å²) in [6.07, 6.45) is -5.43. The number of carboxylic acids is 6. The molecule has 0 fully saturated rings. The van der Waals surface area contributed by atoms with Crippen LogP contribution in [0.2, 0.25) is 0 Å². The zero-order valence-corrected chi connectivity index (χ0v) is 24.6. The Balaban J connectivity index is -0.0000000281. The molecule has 0 heterocycles. The van der Waals surface area contributed by atoms with Gasteiger partial charge in [0.15, 0.2) is 0 Å². The molecule has 27 nitrogen and oxygen atoms in total. The number of hydrogen-bond donors (Lipinski definition) is 11. The van der Waals surface area contributed by atoms with Crippen LogP contribution in [0.5, 0.6) is 0 Å². The molecule has 38 N–H and O–H groups in total. The minimum Gasteiger partial charge on any atom is -0.822 e. The Morgan fingerprint density at radius 3 is 0.600 bits per heavy atom. The van der Waals surface area contributed by atoms with Gasteiger partial charge in [0.05, 0.1) is 11.9 Å². The molecular formula is C12H46N9O18P. The van der Waals surface area contributed by atoms with Gasteiger partial charge in [-0.2, -0.15) is 7.82 Å². The van der Waals surface area contributed by atoms with E-state index >= 15 is 0 Å². The third-order valence-electron chi connectivity index (χ3n) is 2.51. The van der Waals surface area contributed by atoms with Crippen LogP contribution in [-0.4, -0.2) is 57.2 Å². The molecular weight excluding hydrogens is 589 g/mol. The molecule has 0 saturated heterocycles. The van der Waals surface area contributed by atoms with Crippen molar-refractivity contribution in [1.82, 2.24) is 55.4 Å². The van der Waals surface area contributed by atoms with Crippen LogP contribution in [0.3, 0.4) is 0 Å². The summed E-state index contributed by atoms with van der Waals surface area (Å²) in [7, 11) is -5.39. The van der Waals surface area contributed by atoms with E-state index in [1.165, 1.54) is 0 Å². The van der Waals surface area contributed by atoms with E-state index in [0.29, 0.717) is 0 Å². The van der Waals surface area contributed by atoms with Gasteiger partial charge in [-0.3, -0.25) is 0 Å². The predicted molar refractivity (Wildman–Crippen MR) is 120 cm³/mol. The van der Waals surface area contributed by atoms with E-state index in [4.69, 9.17) is 29.5 Å². The van der Waals surface area contributed by atoms with Crippen LogP contribution in [0.25, 0.3) is 0 Å². The molecule has 0 saturated carbocycles. The van der Waals surface area contributed by atoms with Gasteiger partial charge in [-0.05, 0) is 0 Å². The molecule has 0 aliphatic rings. The zero-order valence-electron chi connectivity index (χ0n) is 23.7. The van der Waals surface area contributed by atoms with E-state index in [-0.39, 0.29) is 55.4 Å². The molecule has 0 radical (unpaired) electrons. The van der Waals surface area contributed by atoms with Gasteiger partial charge in [0, 0.05) is 49.6 Å². The number of hydrogen-bond acceptors (Lipinski definition) is 18. The van der Waals surface area contributed by atoms with Gasteiger partial charge in [0.2, 0.25) is 0 Å². The molecule has 0 amide bonds. The molecule has 0 unspecified atom stereocenters. The number of quaternary nitrogens is 9. The van der Waals surface area contributed by atoms with Crippen LogP contribution >= 0.6 is 7.82 Å². The third-order valence-corrected chi connectivity index (χ3v) is 2.51. The van der Waals surface area contributed by atoms with Crippen LogP contribution in [0.4, 0.5) is 0 Å². The average Bonchev–Trinajstić information content (AvgIpc) is 2.41. The van der Waals surface area contributed by atoms with Crippen molar-refractivity contribution in [2.45, 2.75) is 36.9 Å². The molecule has 28 heteroatoms. The summed E-state index contributed by atoms with van der Waals surface area (Å²) in [4.78, 5) is 85.6. The normalized spacial score (nSPS) is 8.53. The van der Waals surface area contributed by atoms with Crippen LogP contribution < -0.4 is 101 Å². The van der Waals surface area contributed by atoms with Crippen molar-refractivity contribution in [2.75, 3.05) is 0 Å². The van der Waals surface area contributed by atoms with Crippen molar-refractivity contribution in [2.24, 2.45) is 0 Å². The first-order valence-electron chi connectivity index (χ1n) is 6.96. The molecule has 40 heavy (non-hydrogen) atoms. The van der Waals surface area contributed by atoms with Crippen LogP contribution in [0, 0.1) is 0 Å². The highest BCUT2D eigenvalue weighted by Crippen LogP contribution is 2.14. The van der Waals surface area contributed by atoms with E-state index < -0.39 is 80.5 Å². The second kappa shape index (κ2) is 31.7. The van der Waals surface area contributed by atoms with Gasteiger partial charge in [0.1, 0.15) is 11.2 Å². The predicted octanol–water partition coefficient (Wildman–Crippen LogP) is -9.94. The zero-order chi connectivity index (χ0) is 25.8. The summed E-state index contributed by atoms with van der Waals surface area (Å²) in [6.45, 7) is 0. The molecule has 0 spiro atoms. The molecule has 252 valence electrons. The lowest BCUT2D eigenvalue weighted by molar-refractivity contribution is -0.432. The minimum absolute atomic E-state index is 0. The fraction of sp³-hybridized carbons (Fsp3) is 0.500. The van der Waals surface area contributed by atoms with Crippen LogP contribution in [0.15, 0.2) is 0 Å². The molecule has 0 aliphatic carbocycles. The summed E-state index contributed by atoms with van der Waals surface area (Å²) in [5, 5.41) is 77.9. The fourth-order valence-electron chi connectivity index (χ4n) is 1.37. The van der Waals surface area contributed by atoms with Gasteiger partial charge in [-0.1, -0.05) is 0 Å². The maximum Gasteiger partial charge on any atom is 0.114 e. The summed E-state index contributed by atoms with van der Waals surface area (Å²) >= 11 is 0. The monoisotopic (exact) mass is 635 g/mol. The summed E-state index contributed by atoms with van der Waals surface area (Å²) < 4.78 is 8.55. The van der Waals surface area contributed by atoms with Crippen molar-refractivity contribution < 1.29 is 88.9 Å². The average molecular weight is 636 g/mol. The van der Waals surface area contributed by atoms with E-state index in [1.54, 1.807) is 0 Å². The van der Waals surface area contributed by atoms with Crippen LogP contribution in [-0.2, 0) is 33.3 Å². The SMILES string of the molecule is O=C([O-])CC(O)(CC(=O)[O-])C(=O)[O-].O=C([O-])CC(O)(CC(=O)[O-])C(=O)[O-].O=P([O-])([O-])[O-].[NH4+].[NH4+].[NH4+].[NH4+].[NH4+].[NH4+].[NH4+].[NH4+].[NH4+]. The Morgan fingerprint density at radius 1 is 0.450 bits per heavy atom. The van der Waals surface area contributed by atoms with Crippen LogP contribution in [0.1, 0.15) is 25.7 Å². The summed E-state index contributed by atoms with van der Waals surface area (Å²) in [5.41, 5.74) is -5.95. The summed E-state index contributed by atoms with van der Waals surface area (Å²) in [5.74, 6) is -12.0. The Morgan fingerprint density at radius 2 is 0.550 bits per heavy atom. The smallest absolute Gasteiger partial charge is 0.114 e. The number of rotatable bonds is 10. The van der Waals surface area contributed by atoms with E-state index in [1.807, 2.05) is 0 Å². The highest BCUT2D eigenvalue weighted by atomic mass is 31.2. The van der Waals surface area contributed by atoms with Crippen molar-refractivity contribution >= 4 is 43.6 Å². The lowest BCUT2D eigenvalue weighted by atomic mass is 9.96. The van der Waals surface area contributed by atoms with Crippen molar-refractivity contribution in [3.8, 4) is 0 Å². The number of aliphatic hydroxyl groups is 2. The molecule has 0 bridgehead atoms. The van der Waals surface area contributed by atoms with Gasteiger partial charge < -0.3 is 144 Å². The van der Waals surface area contributed by atoms with Crippen molar-refractivity contribution in [3.63, 3.8) is 0 Å². The van der Waals surface area contributed by atoms with E-state index in [9.17, 15) is 59.4 Å². The molecule has 0 aromatic carbocycles. The fourth-order valence-corrected chi connectivity index (χ4v) is 1.37. The Hall–Kier alpha value is -3.51. The minimum atomic E-state index is -5.39. The lowest BCUT2D eigenvalue weighted by Crippen LogP contribution is -2.54. The standard InChI is InChI=1S/2C6H8O7.9H3N.H3O4P/c2*7-3(8)1-6(13,5(11)12)2-4(9)10;;;;;;;;;;1-5(2,3)4/h2*13H,1-2H2,(H,7,8)(H,9,10)(H,11,12);9*1H3;(H3,1,2,3,4). The topological polar surface area (TPSA) is 696 Å². The quantitative estimate of drug-likeness (QED) is 0.0992. The van der Waals surface area contributed by atoms with Gasteiger partial charge in [0.25, 0.3) is 0 Å². The first-order valence-corrected chi connectivity index (χ1v) is 8.42. The third kappa shape index (κ3) is 47.7. The Kier molecular flexibility index (Phi) is 60.7. The number of aliphatic carboxylic acids is 6. The maximum atomic E-state index is 10.1. The summed E-state index contributed by atoms with van der Waals surface area (Å²) in [6, 6.07) is 0. The first-order chi connectivity index (χ1) is 13.6. The maximum absolute atomic E-state index is 10.1. The molecule has 0 atom stereocenters. The van der Waals surface area contributed by atoms with E-state index in [2.05, 4.69) is 0 Å². The molecule has 0 rings (SSSR count). The molecule has 0 aromatic heterocycles. The van der Waals surface area contributed by atoms with Crippen molar-refractivity contribution in [1.29, 1.82) is 0 Å². The molecule has 0 aliphatic heterocycles. The second-order valence-electron chi connectivity index (χ2n) is 5.28. The lowest BCUT2D eigenvalue weighted by Gasteiger charge is -2.36. The van der Waals surface area contributed by atoms with Gasteiger partial charge in [-0.25, -0.2) is 0 Å². The van der Waals surface area contributed by atoms with Crippen molar-refractivity contribution in [3.05, 3.63) is 0 Å². The van der Waals surface area contributed by atoms with Gasteiger partial charge >= 0.3 is 0 Å². The number of carbonyl (C=O) groups is 6. The first kappa shape index (κ1) is 76.6. The number of carbonyl (C=O) groups excluding carboxylic acids is 6. The van der Waals surface area contributed by atoms with E-state index in [0.717, 1.165) is 0 Å². The highest BCUT2D eigenvalue weighted by molar-refractivity contribution is 7.40. The molecule has 0 aromatic rings. The Labute approximate surface area is 225 Å². The number of carboxylic acid groups (broad SMARTS) is 6. The number of phosphoric acid groups is 1. The largest absolute Gasteiger partial charge is 0.822 e. The second-order valence-corrected chi connectivity index (χ2v) is 6.17. The Bertz CT molecular complexity index is 672. The highest BCUT2D eigenvalue weighted by Gasteiger charge is 2.29. The van der Waals surface area contributed by atoms with Gasteiger partial charge in [-0.15, -0.1) is 0 Å².